The number of benzene rings is 1. The average molecular weight is 260 g/mol. The lowest BCUT2D eigenvalue weighted by molar-refractivity contribution is 0.202. The second-order valence-corrected chi connectivity index (χ2v) is 4.25. The molecule has 0 radical (unpaired) electrons. The van der Waals surface area contributed by atoms with Crippen molar-refractivity contribution in [2.75, 3.05) is 19.0 Å². The van der Waals surface area contributed by atoms with Crippen LogP contribution in [-0.4, -0.2) is 28.5 Å². The van der Waals surface area contributed by atoms with E-state index in [1.807, 2.05) is 16.8 Å². The van der Waals surface area contributed by atoms with Crippen LogP contribution in [0.1, 0.15) is 18.3 Å². The fraction of sp³-hybridized carbons (Fsp3) is 0.429. The van der Waals surface area contributed by atoms with Crippen molar-refractivity contribution in [3.05, 3.63) is 42.0 Å². The highest BCUT2D eigenvalue weighted by Gasteiger charge is 2.05. The Labute approximate surface area is 113 Å². The van der Waals surface area contributed by atoms with Crippen LogP contribution in [0.3, 0.4) is 0 Å². The number of aromatic nitrogens is 3. The van der Waals surface area contributed by atoms with E-state index in [1.165, 1.54) is 5.56 Å². The molecule has 0 fully saturated rings. The Hall–Kier alpha value is -1.88. The second-order valence-electron chi connectivity index (χ2n) is 4.25. The summed E-state index contributed by atoms with van der Waals surface area (Å²) < 4.78 is 7.03. The molecule has 2 aromatic rings. The summed E-state index contributed by atoms with van der Waals surface area (Å²) in [6.07, 6.45) is 2.50. The lowest BCUT2D eigenvalue weighted by atomic mass is 10.1. The van der Waals surface area contributed by atoms with E-state index in [2.05, 4.69) is 34.5 Å². The summed E-state index contributed by atoms with van der Waals surface area (Å²) in [7, 11) is 1.72. The number of anilines is 1. The standard InChI is InChI=1S/C14H20N4O/c1-3-18-14(16-11-17-18)10-15-13-7-5-4-6-12(13)8-9-19-2/h4-7,11,15H,3,8-10H2,1-2H3. The van der Waals surface area contributed by atoms with Crippen molar-refractivity contribution < 1.29 is 4.74 Å². The van der Waals surface area contributed by atoms with Crippen molar-refractivity contribution in [1.29, 1.82) is 0 Å². The third kappa shape index (κ3) is 3.54. The molecule has 0 spiro atoms. The minimum Gasteiger partial charge on any atom is -0.384 e. The van der Waals surface area contributed by atoms with Crippen LogP contribution in [0.2, 0.25) is 0 Å². The van der Waals surface area contributed by atoms with Gasteiger partial charge in [-0.2, -0.15) is 5.10 Å². The molecule has 1 heterocycles. The maximum Gasteiger partial charge on any atom is 0.146 e. The number of nitrogens with zero attached hydrogens (tertiary/aromatic N) is 3. The van der Waals surface area contributed by atoms with E-state index in [0.717, 1.165) is 31.1 Å². The normalized spacial score (nSPS) is 10.6. The van der Waals surface area contributed by atoms with Gasteiger partial charge >= 0.3 is 0 Å². The number of para-hydroxylation sites is 1. The van der Waals surface area contributed by atoms with E-state index < -0.39 is 0 Å². The smallest absolute Gasteiger partial charge is 0.146 e. The topological polar surface area (TPSA) is 52.0 Å². The fourth-order valence-electron chi connectivity index (χ4n) is 1.99. The van der Waals surface area contributed by atoms with E-state index in [9.17, 15) is 0 Å². The molecule has 0 bridgehead atoms. The largest absolute Gasteiger partial charge is 0.384 e. The third-order valence-electron chi connectivity index (χ3n) is 3.03. The minimum absolute atomic E-state index is 0.678. The Bertz CT molecular complexity index is 510. The zero-order chi connectivity index (χ0) is 13.5. The van der Waals surface area contributed by atoms with Gasteiger partial charge in [0, 0.05) is 19.3 Å². The van der Waals surface area contributed by atoms with Crippen molar-refractivity contribution in [2.45, 2.75) is 26.4 Å². The van der Waals surface area contributed by atoms with Crippen LogP contribution >= 0.6 is 0 Å². The number of hydrogen-bond donors (Lipinski definition) is 1. The van der Waals surface area contributed by atoms with Crippen LogP contribution in [0, 0.1) is 0 Å². The van der Waals surface area contributed by atoms with E-state index in [-0.39, 0.29) is 0 Å². The van der Waals surface area contributed by atoms with Gasteiger partial charge < -0.3 is 10.1 Å². The van der Waals surface area contributed by atoms with Crippen molar-refractivity contribution in [3.63, 3.8) is 0 Å². The second kappa shape index (κ2) is 6.89. The molecule has 1 aromatic heterocycles. The lowest BCUT2D eigenvalue weighted by Crippen LogP contribution is -2.10. The summed E-state index contributed by atoms with van der Waals surface area (Å²) in [6, 6.07) is 8.28. The first kappa shape index (κ1) is 13.5. The van der Waals surface area contributed by atoms with Crippen molar-refractivity contribution in [3.8, 4) is 0 Å². The maximum atomic E-state index is 5.13. The number of aryl methyl sites for hydroxylation is 1. The molecule has 1 N–H and O–H groups in total. The number of nitrogens with one attached hydrogen (secondary N) is 1. The summed E-state index contributed by atoms with van der Waals surface area (Å²) in [5, 5.41) is 7.58. The monoisotopic (exact) mass is 260 g/mol. The van der Waals surface area contributed by atoms with Gasteiger partial charge in [-0.05, 0) is 25.0 Å². The molecule has 102 valence electrons. The molecule has 1 aromatic carbocycles. The first-order chi connectivity index (χ1) is 9.35. The fourth-order valence-corrected chi connectivity index (χ4v) is 1.99. The summed E-state index contributed by atoms with van der Waals surface area (Å²) >= 11 is 0. The van der Waals surface area contributed by atoms with Gasteiger partial charge in [0.2, 0.25) is 0 Å². The van der Waals surface area contributed by atoms with E-state index in [0.29, 0.717) is 6.54 Å². The maximum absolute atomic E-state index is 5.13. The highest BCUT2D eigenvalue weighted by molar-refractivity contribution is 5.51. The Balaban J connectivity index is 2.02. The van der Waals surface area contributed by atoms with Gasteiger partial charge in [-0.1, -0.05) is 18.2 Å². The van der Waals surface area contributed by atoms with E-state index in [1.54, 1.807) is 13.4 Å². The highest BCUT2D eigenvalue weighted by Crippen LogP contribution is 2.16. The molecule has 0 atom stereocenters. The van der Waals surface area contributed by atoms with Crippen LogP contribution in [0.25, 0.3) is 0 Å². The Morgan fingerprint density at radius 3 is 2.95 bits per heavy atom. The summed E-state index contributed by atoms with van der Waals surface area (Å²) in [5.41, 5.74) is 2.39. The quantitative estimate of drug-likeness (QED) is 0.828. The van der Waals surface area contributed by atoms with Gasteiger partial charge in [-0.3, -0.25) is 0 Å². The third-order valence-corrected chi connectivity index (χ3v) is 3.03. The van der Waals surface area contributed by atoms with Crippen LogP contribution in [0.15, 0.2) is 30.6 Å². The molecule has 19 heavy (non-hydrogen) atoms. The Morgan fingerprint density at radius 2 is 2.16 bits per heavy atom. The summed E-state index contributed by atoms with van der Waals surface area (Å²) in [5.74, 6) is 0.948. The number of methoxy groups -OCH3 is 1. The Kier molecular flexibility index (Phi) is 4.92. The molecule has 0 saturated heterocycles. The van der Waals surface area contributed by atoms with Crippen LogP contribution in [0.5, 0.6) is 0 Å². The van der Waals surface area contributed by atoms with Crippen LogP contribution in [0.4, 0.5) is 5.69 Å². The Morgan fingerprint density at radius 1 is 1.32 bits per heavy atom. The zero-order valence-electron chi connectivity index (χ0n) is 11.5. The van der Waals surface area contributed by atoms with Gasteiger partial charge in [0.25, 0.3) is 0 Å². The van der Waals surface area contributed by atoms with Crippen molar-refractivity contribution >= 4 is 5.69 Å². The highest BCUT2D eigenvalue weighted by atomic mass is 16.5. The predicted molar refractivity (Wildman–Crippen MR) is 75.0 cm³/mol. The number of rotatable bonds is 7. The van der Waals surface area contributed by atoms with Gasteiger partial charge in [0.15, 0.2) is 0 Å². The average Bonchev–Trinajstić information content (AvgIpc) is 2.91. The molecule has 0 aliphatic carbocycles. The first-order valence-electron chi connectivity index (χ1n) is 6.52. The zero-order valence-corrected chi connectivity index (χ0v) is 11.5. The number of ether oxygens (including phenoxy) is 1. The van der Waals surface area contributed by atoms with Crippen LogP contribution < -0.4 is 5.32 Å². The van der Waals surface area contributed by atoms with Crippen molar-refractivity contribution in [2.24, 2.45) is 0 Å². The van der Waals surface area contributed by atoms with Crippen molar-refractivity contribution in [1.82, 2.24) is 14.8 Å². The first-order valence-corrected chi connectivity index (χ1v) is 6.52. The molecule has 0 saturated carbocycles. The minimum atomic E-state index is 0.678. The van der Waals surface area contributed by atoms with Gasteiger partial charge in [0.1, 0.15) is 12.2 Å². The summed E-state index contributed by atoms with van der Waals surface area (Å²) in [6.45, 7) is 4.30. The lowest BCUT2D eigenvalue weighted by Gasteiger charge is -2.11. The molecular weight excluding hydrogens is 240 g/mol. The van der Waals surface area contributed by atoms with Gasteiger partial charge in [-0.15, -0.1) is 0 Å². The predicted octanol–water partition coefficient (Wildman–Crippen LogP) is 2.10. The van der Waals surface area contributed by atoms with E-state index in [4.69, 9.17) is 4.74 Å². The number of hydrogen-bond acceptors (Lipinski definition) is 4. The molecule has 5 heteroatoms. The molecule has 2 rings (SSSR count). The molecule has 0 aliphatic rings. The molecule has 0 amide bonds. The SMILES string of the molecule is CCn1ncnc1CNc1ccccc1CCOC. The summed E-state index contributed by atoms with van der Waals surface area (Å²) in [4.78, 5) is 4.26. The van der Waals surface area contributed by atoms with Gasteiger partial charge in [-0.25, -0.2) is 9.67 Å². The molecular formula is C14H20N4O. The molecule has 5 nitrogen and oxygen atoms in total. The molecule has 0 unspecified atom stereocenters. The van der Waals surface area contributed by atoms with Crippen LogP contribution in [-0.2, 0) is 24.2 Å². The van der Waals surface area contributed by atoms with E-state index >= 15 is 0 Å². The van der Waals surface area contributed by atoms with Gasteiger partial charge in [0.05, 0.1) is 13.2 Å². The molecule has 0 aliphatic heterocycles.